The first-order chi connectivity index (χ1) is 10.8. The van der Waals surface area contributed by atoms with Crippen LogP contribution >= 0.6 is 15.9 Å². The van der Waals surface area contributed by atoms with E-state index in [0.717, 1.165) is 35.7 Å². The van der Waals surface area contributed by atoms with E-state index in [9.17, 15) is 4.79 Å². The molecule has 116 valence electrons. The van der Waals surface area contributed by atoms with Gasteiger partial charge in [0.05, 0.1) is 0 Å². The van der Waals surface area contributed by atoms with Gasteiger partial charge in [-0.25, -0.2) is 0 Å². The van der Waals surface area contributed by atoms with Crippen LogP contribution in [0.2, 0.25) is 0 Å². The molecule has 3 heteroatoms. The summed E-state index contributed by atoms with van der Waals surface area (Å²) in [6.45, 7) is 0. The monoisotopic (exact) mass is 360 g/mol. The summed E-state index contributed by atoms with van der Waals surface area (Å²) in [5, 5.41) is 0.985. The van der Waals surface area contributed by atoms with Crippen LogP contribution in [0.15, 0.2) is 60.7 Å². The van der Waals surface area contributed by atoms with Crippen LogP contribution in [0, 0.1) is 0 Å². The minimum Gasteiger partial charge on any atom is -0.453 e. The van der Waals surface area contributed by atoms with Crippen molar-refractivity contribution in [3.63, 3.8) is 0 Å². The summed E-state index contributed by atoms with van der Waals surface area (Å²) in [4.78, 5) is 12.1. The number of unbranched alkanes of at least 4 members (excludes halogenated alkanes) is 2. The number of carbonyl (C=O) groups excluding carboxylic acids is 1. The third-order valence-corrected chi connectivity index (χ3v) is 4.03. The summed E-state index contributed by atoms with van der Waals surface area (Å²) in [5.41, 5.74) is 2.00. The summed E-state index contributed by atoms with van der Waals surface area (Å²) in [5.74, 6) is -0.132. The lowest BCUT2D eigenvalue weighted by molar-refractivity contribution is -0.147. The van der Waals surface area contributed by atoms with Crippen molar-refractivity contribution in [3.05, 3.63) is 71.8 Å². The number of hydrogen-bond donors (Lipinski definition) is 0. The van der Waals surface area contributed by atoms with Crippen LogP contribution in [0.5, 0.6) is 0 Å². The van der Waals surface area contributed by atoms with Crippen molar-refractivity contribution in [2.45, 2.75) is 31.8 Å². The van der Waals surface area contributed by atoms with E-state index < -0.39 is 0 Å². The molecule has 22 heavy (non-hydrogen) atoms. The lowest BCUT2D eigenvalue weighted by atomic mass is 10.0. The van der Waals surface area contributed by atoms with Gasteiger partial charge in [-0.15, -0.1) is 0 Å². The molecule has 2 nitrogen and oxygen atoms in total. The van der Waals surface area contributed by atoms with Crippen LogP contribution in [0.25, 0.3) is 0 Å². The van der Waals surface area contributed by atoms with Crippen molar-refractivity contribution >= 4 is 21.9 Å². The number of esters is 1. The van der Waals surface area contributed by atoms with Gasteiger partial charge < -0.3 is 4.74 Å². The van der Waals surface area contributed by atoms with Crippen molar-refractivity contribution in [1.29, 1.82) is 0 Å². The first kappa shape index (κ1) is 16.8. The fourth-order valence-corrected chi connectivity index (χ4v) is 2.71. The Bertz CT molecular complexity index is 515. The third-order valence-electron chi connectivity index (χ3n) is 3.47. The van der Waals surface area contributed by atoms with Gasteiger partial charge in [-0.2, -0.15) is 0 Å². The molecular weight excluding hydrogens is 340 g/mol. The number of halogens is 1. The minimum atomic E-state index is -0.328. The Morgan fingerprint density at radius 3 is 1.91 bits per heavy atom. The number of benzene rings is 2. The Balaban J connectivity index is 2.04. The van der Waals surface area contributed by atoms with Gasteiger partial charge >= 0.3 is 5.97 Å². The van der Waals surface area contributed by atoms with E-state index in [-0.39, 0.29) is 12.1 Å². The van der Waals surface area contributed by atoms with Gasteiger partial charge in [0.15, 0.2) is 6.10 Å². The van der Waals surface area contributed by atoms with Gasteiger partial charge in [-0.1, -0.05) is 83.0 Å². The predicted molar refractivity (Wildman–Crippen MR) is 93.1 cm³/mol. The van der Waals surface area contributed by atoms with Crippen LogP contribution in [0.3, 0.4) is 0 Å². The quantitative estimate of drug-likeness (QED) is 0.364. The maximum Gasteiger partial charge on any atom is 0.306 e. The summed E-state index contributed by atoms with van der Waals surface area (Å²) < 4.78 is 5.75. The fourth-order valence-electron chi connectivity index (χ4n) is 2.32. The molecule has 0 aliphatic rings. The summed E-state index contributed by atoms with van der Waals surface area (Å²) in [6, 6.07) is 19.8. The zero-order valence-corrected chi connectivity index (χ0v) is 14.2. The summed E-state index contributed by atoms with van der Waals surface area (Å²) >= 11 is 3.40. The van der Waals surface area contributed by atoms with E-state index in [2.05, 4.69) is 15.9 Å². The van der Waals surface area contributed by atoms with Gasteiger partial charge in [0.25, 0.3) is 0 Å². The number of hydrogen-bond acceptors (Lipinski definition) is 2. The molecule has 0 spiro atoms. The molecule has 0 saturated heterocycles. The zero-order chi connectivity index (χ0) is 15.6. The first-order valence-electron chi connectivity index (χ1n) is 7.66. The SMILES string of the molecule is O=C(CCCCCBr)OC(c1ccccc1)c1ccccc1. The molecule has 2 aromatic rings. The average molecular weight is 361 g/mol. The van der Waals surface area contributed by atoms with E-state index in [0.29, 0.717) is 6.42 Å². The maximum atomic E-state index is 12.1. The summed E-state index contributed by atoms with van der Waals surface area (Å²) in [7, 11) is 0. The molecule has 0 aliphatic carbocycles. The number of rotatable bonds is 8. The molecule has 0 aliphatic heterocycles. The van der Waals surface area contributed by atoms with Gasteiger partial charge in [-0.05, 0) is 24.0 Å². The molecule has 2 aromatic carbocycles. The molecule has 0 N–H and O–H groups in total. The Morgan fingerprint density at radius 1 is 0.864 bits per heavy atom. The largest absolute Gasteiger partial charge is 0.453 e. The molecule has 0 bridgehead atoms. The highest BCUT2D eigenvalue weighted by Crippen LogP contribution is 2.26. The van der Waals surface area contributed by atoms with Gasteiger partial charge in [0, 0.05) is 11.8 Å². The molecule has 2 rings (SSSR count). The van der Waals surface area contributed by atoms with E-state index in [4.69, 9.17) is 4.74 Å². The van der Waals surface area contributed by atoms with Gasteiger partial charge in [-0.3, -0.25) is 4.79 Å². The smallest absolute Gasteiger partial charge is 0.306 e. The fraction of sp³-hybridized carbons (Fsp3) is 0.316. The first-order valence-corrected chi connectivity index (χ1v) is 8.78. The second-order valence-corrected chi connectivity index (χ2v) is 5.98. The van der Waals surface area contributed by atoms with Crippen LogP contribution in [-0.4, -0.2) is 11.3 Å². The number of alkyl halides is 1. The topological polar surface area (TPSA) is 26.3 Å². The highest BCUT2D eigenvalue weighted by Gasteiger charge is 2.18. The van der Waals surface area contributed by atoms with E-state index in [1.807, 2.05) is 60.7 Å². The number of carbonyl (C=O) groups is 1. The average Bonchev–Trinajstić information content (AvgIpc) is 2.58. The van der Waals surface area contributed by atoms with E-state index in [1.54, 1.807) is 0 Å². The van der Waals surface area contributed by atoms with Crippen LogP contribution in [-0.2, 0) is 9.53 Å². The van der Waals surface area contributed by atoms with E-state index >= 15 is 0 Å². The van der Waals surface area contributed by atoms with Gasteiger partial charge in [0.1, 0.15) is 0 Å². The van der Waals surface area contributed by atoms with Crippen molar-refractivity contribution in [3.8, 4) is 0 Å². The van der Waals surface area contributed by atoms with Crippen LogP contribution < -0.4 is 0 Å². The van der Waals surface area contributed by atoms with Crippen molar-refractivity contribution in [2.24, 2.45) is 0 Å². The second-order valence-electron chi connectivity index (χ2n) is 5.19. The summed E-state index contributed by atoms with van der Waals surface area (Å²) in [6.07, 6.45) is 3.16. The minimum absolute atomic E-state index is 0.132. The third kappa shape index (κ3) is 5.30. The van der Waals surface area contributed by atoms with Crippen LogP contribution in [0.4, 0.5) is 0 Å². The zero-order valence-electron chi connectivity index (χ0n) is 12.6. The highest BCUT2D eigenvalue weighted by atomic mass is 79.9. The van der Waals surface area contributed by atoms with E-state index in [1.165, 1.54) is 0 Å². The molecule has 0 aromatic heterocycles. The predicted octanol–water partition coefficient (Wildman–Crippen LogP) is 5.27. The second kappa shape index (κ2) is 9.42. The Kier molecular flexibility index (Phi) is 7.17. The number of ether oxygens (including phenoxy) is 1. The van der Waals surface area contributed by atoms with Crippen molar-refractivity contribution < 1.29 is 9.53 Å². The molecule has 0 radical (unpaired) electrons. The van der Waals surface area contributed by atoms with Crippen molar-refractivity contribution in [1.82, 2.24) is 0 Å². The standard InChI is InChI=1S/C19H21BrO2/c20-15-9-3-8-14-18(21)22-19(16-10-4-1-5-11-16)17-12-6-2-7-13-17/h1-2,4-7,10-13,19H,3,8-9,14-15H2. The maximum absolute atomic E-state index is 12.1. The molecular formula is C19H21BrO2. The van der Waals surface area contributed by atoms with Gasteiger partial charge in [0.2, 0.25) is 0 Å². The Morgan fingerprint density at radius 2 is 1.41 bits per heavy atom. The Labute approximate surface area is 140 Å². The lowest BCUT2D eigenvalue weighted by Gasteiger charge is -2.19. The molecule has 0 heterocycles. The highest BCUT2D eigenvalue weighted by molar-refractivity contribution is 9.09. The molecule has 0 amide bonds. The molecule has 0 atom stereocenters. The molecule has 0 saturated carbocycles. The van der Waals surface area contributed by atoms with Crippen LogP contribution in [0.1, 0.15) is 42.9 Å². The lowest BCUT2D eigenvalue weighted by Crippen LogP contribution is -2.12. The Hall–Kier alpha value is -1.61. The van der Waals surface area contributed by atoms with Crippen molar-refractivity contribution in [2.75, 3.05) is 5.33 Å². The molecule has 0 fully saturated rings. The molecule has 0 unspecified atom stereocenters. The normalized spacial score (nSPS) is 10.6.